The van der Waals surface area contributed by atoms with E-state index in [2.05, 4.69) is 11.6 Å². The number of methoxy groups -OCH3 is 2. The average Bonchev–Trinajstić information content (AvgIpc) is 2.81. The van der Waals surface area contributed by atoms with Crippen molar-refractivity contribution in [3.8, 4) is 11.5 Å². The number of hydrogen-bond acceptors (Lipinski definition) is 6. The quantitative estimate of drug-likeness (QED) is 0.530. The second-order valence-corrected chi connectivity index (χ2v) is 9.70. The van der Waals surface area contributed by atoms with Crippen LogP contribution >= 0.6 is 0 Å². The standard InChI is InChI=1S/C22H35N3O6S/c1-5-6-13-24(2)22(27)17-10-14-25(15-11-17)21(26)9-12-23-32(28,29)18-7-8-19(30-3)20(16-18)31-4/h7-8,16-17,23H,5-6,9-15H2,1-4H3. The van der Waals surface area contributed by atoms with Gasteiger partial charge >= 0.3 is 0 Å². The van der Waals surface area contributed by atoms with E-state index in [9.17, 15) is 18.0 Å². The first-order valence-corrected chi connectivity index (χ1v) is 12.5. The van der Waals surface area contributed by atoms with Gasteiger partial charge in [0.1, 0.15) is 0 Å². The van der Waals surface area contributed by atoms with Gasteiger partial charge in [0.2, 0.25) is 21.8 Å². The summed E-state index contributed by atoms with van der Waals surface area (Å²) in [5.74, 6) is 0.715. The SMILES string of the molecule is CCCCN(C)C(=O)C1CCN(C(=O)CCNS(=O)(=O)c2ccc(OC)c(OC)c2)CC1. The zero-order valence-corrected chi connectivity index (χ0v) is 20.2. The number of benzene rings is 1. The number of nitrogens with one attached hydrogen (secondary N) is 1. The molecule has 0 bridgehead atoms. The number of nitrogens with zero attached hydrogens (tertiary/aromatic N) is 2. The van der Waals surface area contributed by atoms with Crippen LogP contribution in [0, 0.1) is 5.92 Å². The first-order valence-electron chi connectivity index (χ1n) is 11.0. The summed E-state index contributed by atoms with van der Waals surface area (Å²) in [6, 6.07) is 4.32. The van der Waals surface area contributed by atoms with Crippen LogP contribution in [0.25, 0.3) is 0 Å². The van der Waals surface area contributed by atoms with Gasteiger partial charge < -0.3 is 19.3 Å². The van der Waals surface area contributed by atoms with Crippen molar-refractivity contribution in [2.24, 2.45) is 5.92 Å². The highest BCUT2D eigenvalue weighted by Crippen LogP contribution is 2.29. The van der Waals surface area contributed by atoms with E-state index in [1.165, 1.54) is 32.4 Å². The number of unbranched alkanes of at least 4 members (excludes halogenated alkanes) is 1. The summed E-state index contributed by atoms with van der Waals surface area (Å²) >= 11 is 0. The molecule has 0 saturated carbocycles. The Hall–Kier alpha value is -2.33. The molecule has 1 fully saturated rings. The minimum absolute atomic E-state index is 0.00583. The molecular formula is C22H35N3O6S. The molecule has 0 aromatic heterocycles. The Kier molecular flexibility index (Phi) is 9.77. The number of ether oxygens (including phenoxy) is 2. The molecule has 1 aromatic rings. The Morgan fingerprint density at radius 3 is 2.41 bits per heavy atom. The highest BCUT2D eigenvalue weighted by molar-refractivity contribution is 7.89. The number of piperidine rings is 1. The van der Waals surface area contributed by atoms with Crippen molar-refractivity contribution in [1.82, 2.24) is 14.5 Å². The van der Waals surface area contributed by atoms with E-state index >= 15 is 0 Å². The summed E-state index contributed by atoms with van der Waals surface area (Å²) in [4.78, 5) is 28.6. The molecule has 0 atom stereocenters. The van der Waals surface area contributed by atoms with Crippen LogP contribution in [-0.4, -0.2) is 77.5 Å². The molecule has 1 aliphatic rings. The third-order valence-corrected chi connectivity index (χ3v) is 7.18. The molecular weight excluding hydrogens is 434 g/mol. The summed E-state index contributed by atoms with van der Waals surface area (Å²) in [6.45, 7) is 3.87. The van der Waals surface area contributed by atoms with E-state index in [0.29, 0.717) is 37.4 Å². The van der Waals surface area contributed by atoms with Crippen LogP contribution in [0.2, 0.25) is 0 Å². The molecule has 1 N–H and O–H groups in total. The van der Waals surface area contributed by atoms with Gasteiger partial charge in [0.15, 0.2) is 11.5 Å². The van der Waals surface area contributed by atoms with Gasteiger partial charge in [-0.05, 0) is 31.4 Å². The molecule has 0 radical (unpaired) electrons. The van der Waals surface area contributed by atoms with E-state index in [1.54, 1.807) is 9.80 Å². The van der Waals surface area contributed by atoms with Crippen LogP contribution in [0.5, 0.6) is 11.5 Å². The molecule has 32 heavy (non-hydrogen) atoms. The minimum atomic E-state index is -3.79. The van der Waals surface area contributed by atoms with Crippen molar-refractivity contribution in [1.29, 1.82) is 0 Å². The van der Waals surface area contributed by atoms with Crippen molar-refractivity contribution in [2.45, 2.75) is 43.9 Å². The monoisotopic (exact) mass is 469 g/mol. The number of carbonyl (C=O) groups is 2. The van der Waals surface area contributed by atoms with Gasteiger partial charge in [0, 0.05) is 51.6 Å². The number of rotatable bonds is 11. The number of hydrogen-bond donors (Lipinski definition) is 1. The Balaban J connectivity index is 1.82. The first kappa shape index (κ1) is 25.9. The van der Waals surface area contributed by atoms with Gasteiger partial charge in [-0.15, -0.1) is 0 Å². The molecule has 2 rings (SSSR count). The highest BCUT2D eigenvalue weighted by Gasteiger charge is 2.29. The van der Waals surface area contributed by atoms with Crippen LogP contribution in [0.1, 0.15) is 39.0 Å². The Labute approximate surface area is 191 Å². The smallest absolute Gasteiger partial charge is 0.240 e. The highest BCUT2D eigenvalue weighted by atomic mass is 32.2. The number of carbonyl (C=O) groups excluding carboxylic acids is 2. The van der Waals surface area contributed by atoms with Crippen molar-refractivity contribution in [2.75, 3.05) is 47.4 Å². The summed E-state index contributed by atoms with van der Waals surface area (Å²) in [5, 5.41) is 0. The lowest BCUT2D eigenvalue weighted by atomic mass is 9.95. The van der Waals surface area contributed by atoms with Crippen molar-refractivity contribution in [3.05, 3.63) is 18.2 Å². The van der Waals surface area contributed by atoms with Gasteiger partial charge in [0.25, 0.3) is 0 Å². The fourth-order valence-electron chi connectivity index (χ4n) is 3.71. The van der Waals surface area contributed by atoms with E-state index in [0.717, 1.165) is 19.4 Å². The maximum absolute atomic E-state index is 12.5. The fraction of sp³-hybridized carbons (Fsp3) is 0.636. The van der Waals surface area contributed by atoms with Gasteiger partial charge in [0.05, 0.1) is 19.1 Å². The maximum atomic E-state index is 12.5. The second kappa shape index (κ2) is 12.1. The molecule has 1 saturated heterocycles. The lowest BCUT2D eigenvalue weighted by molar-refractivity contribution is -0.139. The third-order valence-electron chi connectivity index (χ3n) is 5.72. The van der Waals surface area contributed by atoms with Crippen molar-refractivity contribution in [3.63, 3.8) is 0 Å². The number of sulfonamides is 1. The molecule has 1 aliphatic heterocycles. The van der Waals surface area contributed by atoms with Crippen LogP contribution < -0.4 is 14.2 Å². The molecule has 10 heteroatoms. The molecule has 0 aliphatic carbocycles. The van der Waals surface area contributed by atoms with E-state index in [1.807, 2.05) is 7.05 Å². The van der Waals surface area contributed by atoms with E-state index in [-0.39, 0.29) is 35.6 Å². The summed E-state index contributed by atoms with van der Waals surface area (Å²) in [7, 11) is 0.948. The van der Waals surface area contributed by atoms with E-state index < -0.39 is 10.0 Å². The number of likely N-dealkylation sites (tertiary alicyclic amines) is 1. The zero-order chi connectivity index (χ0) is 23.7. The summed E-state index contributed by atoms with van der Waals surface area (Å²) in [6.07, 6.45) is 3.36. The summed E-state index contributed by atoms with van der Waals surface area (Å²) in [5.41, 5.74) is 0. The van der Waals surface area contributed by atoms with Crippen LogP contribution in [0.4, 0.5) is 0 Å². The average molecular weight is 470 g/mol. The Bertz CT molecular complexity index is 882. The van der Waals surface area contributed by atoms with E-state index in [4.69, 9.17) is 9.47 Å². The van der Waals surface area contributed by atoms with Crippen LogP contribution in [0.15, 0.2) is 23.1 Å². The molecule has 1 aromatic carbocycles. The van der Waals surface area contributed by atoms with Gasteiger partial charge in [-0.1, -0.05) is 13.3 Å². The lowest BCUT2D eigenvalue weighted by Gasteiger charge is -2.33. The lowest BCUT2D eigenvalue weighted by Crippen LogP contribution is -2.44. The zero-order valence-electron chi connectivity index (χ0n) is 19.4. The first-order chi connectivity index (χ1) is 15.2. The Morgan fingerprint density at radius 1 is 1.16 bits per heavy atom. The van der Waals surface area contributed by atoms with Gasteiger partial charge in [-0.25, -0.2) is 13.1 Å². The van der Waals surface area contributed by atoms with Gasteiger partial charge in [-0.3, -0.25) is 9.59 Å². The minimum Gasteiger partial charge on any atom is -0.493 e. The van der Waals surface area contributed by atoms with Crippen molar-refractivity contribution >= 4 is 21.8 Å². The molecule has 1 heterocycles. The predicted molar refractivity (Wildman–Crippen MR) is 121 cm³/mol. The van der Waals surface area contributed by atoms with Crippen molar-refractivity contribution < 1.29 is 27.5 Å². The van der Waals surface area contributed by atoms with Gasteiger partial charge in [-0.2, -0.15) is 0 Å². The topological polar surface area (TPSA) is 105 Å². The molecule has 180 valence electrons. The number of amides is 2. The Morgan fingerprint density at radius 2 is 1.81 bits per heavy atom. The molecule has 0 unspecified atom stereocenters. The largest absolute Gasteiger partial charge is 0.493 e. The molecule has 2 amide bonds. The predicted octanol–water partition coefficient (Wildman–Crippen LogP) is 1.87. The normalized spacial score (nSPS) is 14.8. The van der Waals surface area contributed by atoms with Crippen LogP contribution in [0.3, 0.4) is 0 Å². The molecule has 0 spiro atoms. The van der Waals surface area contributed by atoms with Crippen LogP contribution in [-0.2, 0) is 19.6 Å². The molecule has 9 nitrogen and oxygen atoms in total. The second-order valence-electron chi connectivity index (χ2n) is 7.93. The third kappa shape index (κ3) is 6.83. The summed E-state index contributed by atoms with van der Waals surface area (Å²) < 4.78 is 37.8. The maximum Gasteiger partial charge on any atom is 0.240 e. The fourth-order valence-corrected chi connectivity index (χ4v) is 4.76.